The van der Waals surface area contributed by atoms with Gasteiger partial charge in [-0.1, -0.05) is 152 Å². The van der Waals surface area contributed by atoms with E-state index in [1.165, 1.54) is 6.92 Å². The van der Waals surface area contributed by atoms with Crippen LogP contribution in [0.1, 0.15) is 34.7 Å². The topological polar surface area (TPSA) is 145 Å². The molecular formula is C58H61ClO14. The number of ether oxygens (including phenoxy) is 12. The molecule has 2 fully saturated rings. The monoisotopic (exact) mass is 1020 g/mol. The SMILES string of the molecule is COc1ccc(OC[C@H]2O[C@@H](OCc3ccccc3)[C@H](OCc3ccccc3)[C@@H](OCc3ccccc3)[C@H]2O[C@H]2O[C@H](COC(C)=O)[C@H](OC(=O)CCl)[C@H](OCc3ccccc3)[C@H]2OCc2ccccc2)cc1. The molecule has 2 aliphatic heterocycles. The molecule has 0 aliphatic carbocycles. The number of esters is 2. The molecule has 0 aromatic heterocycles. The molecule has 14 nitrogen and oxygen atoms in total. The number of rotatable bonds is 25. The largest absolute Gasteiger partial charge is 0.497 e. The highest BCUT2D eigenvalue weighted by molar-refractivity contribution is 6.26. The Labute approximate surface area is 431 Å². The predicted molar refractivity (Wildman–Crippen MR) is 269 cm³/mol. The van der Waals surface area contributed by atoms with E-state index in [0.717, 1.165) is 27.8 Å². The Kier molecular flexibility index (Phi) is 20.2. The fourth-order valence-electron chi connectivity index (χ4n) is 8.51. The van der Waals surface area contributed by atoms with Crippen LogP contribution in [0.4, 0.5) is 0 Å². The minimum atomic E-state index is -1.34. The summed E-state index contributed by atoms with van der Waals surface area (Å²) in [6, 6.07) is 55.6. The first-order valence-corrected chi connectivity index (χ1v) is 24.8. The molecule has 0 radical (unpaired) electrons. The Hall–Kier alpha value is -6.17. The van der Waals surface area contributed by atoms with Gasteiger partial charge in [-0.25, -0.2) is 0 Å². The molecule has 10 atom stereocenters. The van der Waals surface area contributed by atoms with E-state index < -0.39 is 79.2 Å². The van der Waals surface area contributed by atoms with Crippen molar-refractivity contribution in [3.05, 3.63) is 204 Å². The molecule has 0 N–H and O–H groups in total. The van der Waals surface area contributed by atoms with Gasteiger partial charge in [-0.2, -0.15) is 0 Å². The summed E-state index contributed by atoms with van der Waals surface area (Å²) in [5.74, 6) is -0.609. The smallest absolute Gasteiger partial charge is 0.321 e. The van der Waals surface area contributed by atoms with E-state index >= 15 is 0 Å². The number of hydrogen-bond acceptors (Lipinski definition) is 14. The first-order valence-electron chi connectivity index (χ1n) is 24.2. The van der Waals surface area contributed by atoms with Crippen molar-refractivity contribution in [2.24, 2.45) is 0 Å². The van der Waals surface area contributed by atoms with Gasteiger partial charge in [-0.3, -0.25) is 9.59 Å². The van der Waals surface area contributed by atoms with Gasteiger partial charge in [0, 0.05) is 6.92 Å². The van der Waals surface area contributed by atoms with Crippen LogP contribution in [0.5, 0.6) is 11.5 Å². The Morgan fingerprint density at radius 3 is 1.27 bits per heavy atom. The van der Waals surface area contributed by atoms with Crippen molar-refractivity contribution in [3.63, 3.8) is 0 Å². The van der Waals surface area contributed by atoms with Crippen LogP contribution in [0.3, 0.4) is 0 Å². The Bertz CT molecular complexity index is 2530. The molecule has 6 aromatic rings. The second-order valence-electron chi connectivity index (χ2n) is 17.4. The number of carbonyl (C=O) groups excluding carboxylic acids is 2. The Balaban J connectivity index is 1.23. The van der Waals surface area contributed by atoms with E-state index in [1.807, 2.05) is 152 Å². The summed E-state index contributed by atoms with van der Waals surface area (Å²) >= 11 is 6.08. The van der Waals surface area contributed by atoms with Crippen molar-refractivity contribution in [1.29, 1.82) is 0 Å². The second-order valence-corrected chi connectivity index (χ2v) is 17.7. The van der Waals surface area contributed by atoms with Gasteiger partial charge < -0.3 is 56.8 Å². The van der Waals surface area contributed by atoms with E-state index in [2.05, 4.69) is 0 Å². The van der Waals surface area contributed by atoms with Crippen LogP contribution >= 0.6 is 11.6 Å². The number of benzene rings is 6. The number of alkyl halides is 1. The van der Waals surface area contributed by atoms with Gasteiger partial charge in [-0.15, -0.1) is 11.6 Å². The zero-order valence-electron chi connectivity index (χ0n) is 40.8. The molecule has 0 spiro atoms. The average molecular weight is 1020 g/mol. The number of methoxy groups -OCH3 is 1. The molecule has 8 rings (SSSR count). The van der Waals surface area contributed by atoms with E-state index in [4.69, 9.17) is 68.4 Å². The third kappa shape index (κ3) is 15.7. The van der Waals surface area contributed by atoms with Crippen molar-refractivity contribution >= 4 is 23.5 Å². The molecular weight excluding hydrogens is 956 g/mol. The Morgan fingerprint density at radius 2 is 0.836 bits per heavy atom. The van der Waals surface area contributed by atoms with Crippen LogP contribution in [0.25, 0.3) is 0 Å². The lowest BCUT2D eigenvalue weighted by Gasteiger charge is -2.50. The molecule has 0 bridgehead atoms. The Morgan fingerprint density at radius 1 is 0.452 bits per heavy atom. The van der Waals surface area contributed by atoms with Crippen LogP contribution in [0, 0.1) is 0 Å². The molecule has 0 unspecified atom stereocenters. The standard InChI is InChI=1S/C58H61ClO14/c1-40(60)63-38-48-51(72-50(61)32-59)53(65-33-41-18-8-3-9-19-41)56(68-36-44-24-14-6-15-25-44)58(71-48)73-52-49(39-64-47-30-28-46(62-2)29-31-47)70-57(69-37-45-26-16-7-17-27-45)55(67-35-43-22-12-5-13-23-43)54(52)66-34-42-20-10-4-11-21-42/h3-31,48-49,51-58H,32-39H2,1-2H3/t48-,49-,51+,52+,53+,54+,55-,56-,57-,58-/m1/s1. The fourth-order valence-corrected chi connectivity index (χ4v) is 8.58. The minimum Gasteiger partial charge on any atom is -0.497 e. The van der Waals surface area contributed by atoms with Gasteiger partial charge in [0.05, 0.1) is 40.1 Å². The average Bonchev–Trinajstić information content (AvgIpc) is 3.43. The van der Waals surface area contributed by atoms with Crippen molar-refractivity contribution < 1.29 is 66.4 Å². The van der Waals surface area contributed by atoms with Crippen molar-refractivity contribution in [1.82, 2.24) is 0 Å². The molecule has 2 aliphatic rings. The maximum atomic E-state index is 13.2. The summed E-state index contributed by atoms with van der Waals surface area (Å²) in [7, 11) is 1.59. The van der Waals surface area contributed by atoms with Gasteiger partial charge in [0.1, 0.15) is 73.3 Å². The minimum absolute atomic E-state index is 0.0676. The fraction of sp³-hybridized carbons (Fsp3) is 0.345. The maximum absolute atomic E-state index is 13.2. The zero-order valence-corrected chi connectivity index (χ0v) is 41.5. The van der Waals surface area contributed by atoms with E-state index in [1.54, 1.807) is 31.4 Å². The lowest BCUT2D eigenvalue weighted by Crippen LogP contribution is -2.66. The number of carbonyl (C=O) groups is 2. The van der Waals surface area contributed by atoms with E-state index in [-0.39, 0.29) is 46.2 Å². The molecule has 0 saturated carbocycles. The highest BCUT2D eigenvalue weighted by atomic mass is 35.5. The molecule has 0 amide bonds. The first-order chi connectivity index (χ1) is 35.8. The van der Waals surface area contributed by atoms with Crippen LogP contribution in [-0.2, 0) is 90.0 Å². The quantitative estimate of drug-likeness (QED) is 0.0397. The van der Waals surface area contributed by atoms with Gasteiger partial charge in [0.15, 0.2) is 18.7 Å². The third-order valence-electron chi connectivity index (χ3n) is 12.2. The van der Waals surface area contributed by atoms with Gasteiger partial charge >= 0.3 is 11.9 Å². The lowest BCUT2D eigenvalue weighted by molar-refractivity contribution is -0.374. The van der Waals surface area contributed by atoms with Crippen LogP contribution in [0.2, 0.25) is 0 Å². The van der Waals surface area contributed by atoms with Gasteiger partial charge in [0.2, 0.25) is 0 Å². The summed E-state index contributed by atoms with van der Waals surface area (Å²) in [5, 5.41) is 0. The van der Waals surface area contributed by atoms with Gasteiger partial charge in [0.25, 0.3) is 0 Å². The molecule has 2 saturated heterocycles. The molecule has 2 heterocycles. The van der Waals surface area contributed by atoms with Crippen LogP contribution in [0.15, 0.2) is 176 Å². The summed E-state index contributed by atoms with van der Waals surface area (Å²) in [4.78, 5) is 25.7. The highest BCUT2D eigenvalue weighted by Gasteiger charge is 2.55. The number of halogens is 1. The third-order valence-corrected chi connectivity index (χ3v) is 12.4. The highest BCUT2D eigenvalue weighted by Crippen LogP contribution is 2.37. The van der Waals surface area contributed by atoms with Crippen molar-refractivity contribution in [2.45, 2.75) is 101 Å². The molecule has 384 valence electrons. The molecule has 15 heteroatoms. The van der Waals surface area contributed by atoms with Crippen LogP contribution in [-0.4, -0.2) is 99.6 Å². The number of hydrogen-bond donors (Lipinski definition) is 0. The first kappa shape index (κ1) is 53.1. The summed E-state index contributed by atoms with van der Waals surface area (Å²) < 4.78 is 79.1. The maximum Gasteiger partial charge on any atom is 0.321 e. The predicted octanol–water partition coefficient (Wildman–Crippen LogP) is 9.18. The zero-order chi connectivity index (χ0) is 50.6. The van der Waals surface area contributed by atoms with Crippen LogP contribution < -0.4 is 9.47 Å². The summed E-state index contributed by atoms with van der Waals surface area (Å²) in [6.45, 7) is 1.50. The second kappa shape index (κ2) is 27.8. The molecule has 6 aromatic carbocycles. The summed E-state index contributed by atoms with van der Waals surface area (Å²) in [5.41, 5.74) is 4.38. The van der Waals surface area contributed by atoms with Crippen molar-refractivity contribution in [3.8, 4) is 11.5 Å². The van der Waals surface area contributed by atoms with Gasteiger partial charge in [-0.05, 0) is 52.1 Å². The summed E-state index contributed by atoms with van der Waals surface area (Å²) in [6.07, 6.45) is -10.8. The van der Waals surface area contributed by atoms with E-state index in [0.29, 0.717) is 11.5 Å². The van der Waals surface area contributed by atoms with E-state index in [9.17, 15) is 9.59 Å². The molecule has 73 heavy (non-hydrogen) atoms. The normalized spacial score (nSPS) is 23.8. The van der Waals surface area contributed by atoms with Crippen molar-refractivity contribution in [2.75, 3.05) is 26.2 Å². The lowest BCUT2D eigenvalue weighted by atomic mass is 9.95.